The van der Waals surface area contributed by atoms with Gasteiger partial charge in [-0.05, 0) is 37.3 Å². The van der Waals surface area contributed by atoms with Crippen molar-refractivity contribution in [2.45, 2.75) is 13.0 Å². The van der Waals surface area contributed by atoms with Gasteiger partial charge in [0.25, 0.3) is 0 Å². The number of thiophene rings is 1. The van der Waals surface area contributed by atoms with Gasteiger partial charge in [-0.1, -0.05) is 17.7 Å². The number of nitrogens with zero attached hydrogens (tertiary/aromatic N) is 1. The molecule has 9 heteroatoms. The lowest BCUT2D eigenvalue weighted by Crippen LogP contribution is -2.40. The molecule has 26 heavy (non-hydrogen) atoms. The van der Waals surface area contributed by atoms with Gasteiger partial charge in [-0.2, -0.15) is 0 Å². The molecule has 2 aromatic rings. The van der Waals surface area contributed by atoms with Gasteiger partial charge in [0, 0.05) is 23.7 Å². The van der Waals surface area contributed by atoms with Gasteiger partial charge in [-0.3, -0.25) is 4.79 Å². The second-order valence-corrected chi connectivity index (χ2v) is 7.04. The summed E-state index contributed by atoms with van der Waals surface area (Å²) in [7, 11) is 0. The minimum atomic E-state index is -0.738. The summed E-state index contributed by atoms with van der Waals surface area (Å²) in [6.45, 7) is 2.55. The zero-order chi connectivity index (χ0) is 18.9. The molecule has 1 atom stereocenters. The molecule has 0 spiro atoms. The predicted molar refractivity (Wildman–Crippen MR) is 103 cm³/mol. The third-order valence-corrected chi connectivity index (χ3v) is 4.55. The van der Waals surface area contributed by atoms with Crippen LogP contribution in [0.25, 0.3) is 0 Å². The lowest BCUT2D eigenvalue weighted by Gasteiger charge is -2.14. The standard InChI is InChI=1S/C17H20ClFN4O2S/c1-2-20-17(21-9-13(24)14-6-7-15(18)26-14)22-10-16(25)23-12-5-3-4-11(19)8-12/h3-8,13,24H,2,9-10H2,1H3,(H,23,25)(H2,20,21,22). The summed E-state index contributed by atoms with van der Waals surface area (Å²) in [5, 5.41) is 18.7. The molecule has 0 fully saturated rings. The van der Waals surface area contributed by atoms with Crippen molar-refractivity contribution < 1.29 is 14.3 Å². The molecular formula is C17H20ClFN4O2S. The molecule has 0 saturated heterocycles. The molecule has 1 unspecified atom stereocenters. The van der Waals surface area contributed by atoms with E-state index >= 15 is 0 Å². The third kappa shape index (κ3) is 6.62. The maximum atomic E-state index is 13.1. The highest BCUT2D eigenvalue weighted by atomic mass is 35.5. The number of nitrogens with one attached hydrogen (secondary N) is 3. The monoisotopic (exact) mass is 398 g/mol. The lowest BCUT2D eigenvalue weighted by molar-refractivity contribution is -0.114. The molecule has 1 amide bonds. The molecule has 1 aromatic heterocycles. The smallest absolute Gasteiger partial charge is 0.246 e. The molecule has 4 N–H and O–H groups in total. The van der Waals surface area contributed by atoms with Crippen molar-refractivity contribution in [2.24, 2.45) is 4.99 Å². The molecule has 1 heterocycles. The van der Waals surface area contributed by atoms with Crippen molar-refractivity contribution in [3.63, 3.8) is 0 Å². The number of anilines is 1. The van der Waals surface area contributed by atoms with E-state index in [9.17, 15) is 14.3 Å². The Labute approximate surface area is 160 Å². The topological polar surface area (TPSA) is 85.8 Å². The number of aliphatic imine (C=N–C) groups is 1. The Bertz CT molecular complexity index is 769. The number of aliphatic hydroxyl groups excluding tert-OH is 1. The second kappa shape index (κ2) is 10.1. The summed E-state index contributed by atoms with van der Waals surface area (Å²) in [4.78, 5) is 16.8. The predicted octanol–water partition coefficient (Wildman–Crippen LogP) is 2.77. The number of hydrogen-bond acceptors (Lipinski definition) is 4. The molecule has 0 radical (unpaired) electrons. The molecule has 0 aliphatic heterocycles. The number of hydrogen-bond donors (Lipinski definition) is 4. The largest absolute Gasteiger partial charge is 0.386 e. The van der Waals surface area contributed by atoms with E-state index in [0.717, 1.165) is 4.88 Å². The first-order chi connectivity index (χ1) is 12.5. The minimum absolute atomic E-state index is 0.146. The van der Waals surface area contributed by atoms with Crippen LogP contribution in [0.15, 0.2) is 41.4 Å². The minimum Gasteiger partial charge on any atom is -0.386 e. The number of amides is 1. The number of carbonyl (C=O) groups is 1. The molecule has 0 aliphatic carbocycles. The van der Waals surface area contributed by atoms with Gasteiger partial charge < -0.3 is 21.1 Å². The zero-order valence-corrected chi connectivity index (χ0v) is 15.7. The fraction of sp³-hybridized carbons (Fsp3) is 0.294. The van der Waals surface area contributed by atoms with Crippen LogP contribution >= 0.6 is 22.9 Å². The Balaban J connectivity index is 1.87. The van der Waals surface area contributed by atoms with Crippen molar-refractivity contribution in [3.8, 4) is 0 Å². The van der Waals surface area contributed by atoms with Crippen molar-refractivity contribution >= 4 is 40.5 Å². The van der Waals surface area contributed by atoms with Crippen LogP contribution in [0.1, 0.15) is 17.9 Å². The van der Waals surface area contributed by atoms with Gasteiger partial charge in [0.1, 0.15) is 18.5 Å². The van der Waals surface area contributed by atoms with Crippen LogP contribution in [0.5, 0.6) is 0 Å². The SMILES string of the molecule is CCNC(=NCC(=O)Nc1cccc(F)c1)NCC(O)c1ccc(Cl)s1. The third-order valence-electron chi connectivity index (χ3n) is 3.22. The summed E-state index contributed by atoms with van der Waals surface area (Å²) >= 11 is 7.16. The van der Waals surface area contributed by atoms with Gasteiger partial charge >= 0.3 is 0 Å². The Kier molecular flexibility index (Phi) is 7.83. The number of carbonyl (C=O) groups excluding carboxylic acids is 1. The van der Waals surface area contributed by atoms with Crippen LogP contribution < -0.4 is 16.0 Å². The first-order valence-electron chi connectivity index (χ1n) is 7.99. The Hall–Kier alpha value is -2.16. The first-order valence-corrected chi connectivity index (χ1v) is 9.18. The van der Waals surface area contributed by atoms with Crippen LogP contribution in [0.2, 0.25) is 4.34 Å². The van der Waals surface area contributed by atoms with E-state index in [-0.39, 0.29) is 19.0 Å². The highest BCUT2D eigenvalue weighted by molar-refractivity contribution is 7.16. The molecule has 0 saturated carbocycles. The van der Waals surface area contributed by atoms with E-state index in [0.29, 0.717) is 22.5 Å². The fourth-order valence-corrected chi connectivity index (χ4v) is 3.11. The second-order valence-electron chi connectivity index (χ2n) is 5.29. The number of guanidine groups is 1. The number of benzene rings is 1. The van der Waals surface area contributed by atoms with Gasteiger partial charge in [0.2, 0.25) is 5.91 Å². The maximum absolute atomic E-state index is 13.1. The summed E-state index contributed by atoms with van der Waals surface area (Å²) in [5.41, 5.74) is 0.369. The average Bonchev–Trinajstić information content (AvgIpc) is 3.03. The molecule has 2 rings (SSSR count). The maximum Gasteiger partial charge on any atom is 0.246 e. The average molecular weight is 399 g/mol. The van der Waals surface area contributed by atoms with Crippen LogP contribution in [0.4, 0.5) is 10.1 Å². The fourth-order valence-electron chi connectivity index (χ4n) is 2.06. The van der Waals surface area contributed by atoms with Crippen molar-refractivity contribution in [1.29, 1.82) is 0 Å². The quantitative estimate of drug-likeness (QED) is 0.426. The normalized spacial score (nSPS) is 12.5. The summed E-state index contributed by atoms with van der Waals surface area (Å²) < 4.78 is 13.7. The number of halogens is 2. The lowest BCUT2D eigenvalue weighted by atomic mass is 10.3. The molecule has 1 aromatic carbocycles. The summed E-state index contributed by atoms with van der Waals surface area (Å²) in [6, 6.07) is 9.12. The van der Waals surface area contributed by atoms with E-state index in [1.54, 1.807) is 18.2 Å². The van der Waals surface area contributed by atoms with Gasteiger partial charge in [0.15, 0.2) is 5.96 Å². The molecule has 0 aliphatic rings. The van der Waals surface area contributed by atoms with Crippen LogP contribution in [-0.4, -0.2) is 36.6 Å². The highest BCUT2D eigenvalue weighted by Gasteiger charge is 2.11. The van der Waals surface area contributed by atoms with E-state index in [4.69, 9.17) is 11.6 Å². The van der Waals surface area contributed by atoms with E-state index in [1.165, 1.54) is 29.5 Å². The van der Waals surface area contributed by atoms with Gasteiger partial charge in [0.05, 0.1) is 4.34 Å². The Morgan fingerprint density at radius 1 is 1.35 bits per heavy atom. The Morgan fingerprint density at radius 3 is 2.81 bits per heavy atom. The summed E-state index contributed by atoms with van der Waals surface area (Å²) in [5.74, 6) is -0.411. The molecule has 0 bridgehead atoms. The molecule has 140 valence electrons. The van der Waals surface area contributed by atoms with Gasteiger partial charge in [-0.15, -0.1) is 11.3 Å². The zero-order valence-electron chi connectivity index (χ0n) is 14.1. The number of rotatable bonds is 7. The van der Waals surface area contributed by atoms with Crippen LogP contribution in [0.3, 0.4) is 0 Å². The van der Waals surface area contributed by atoms with Crippen LogP contribution in [-0.2, 0) is 4.79 Å². The van der Waals surface area contributed by atoms with Crippen molar-refractivity contribution in [3.05, 3.63) is 51.4 Å². The van der Waals surface area contributed by atoms with Crippen molar-refractivity contribution in [2.75, 3.05) is 25.0 Å². The Morgan fingerprint density at radius 2 is 2.15 bits per heavy atom. The van der Waals surface area contributed by atoms with Gasteiger partial charge in [-0.25, -0.2) is 9.38 Å². The van der Waals surface area contributed by atoms with Crippen LogP contribution in [0, 0.1) is 5.82 Å². The first kappa shape index (κ1) is 20.2. The van der Waals surface area contributed by atoms with E-state index in [2.05, 4.69) is 20.9 Å². The van der Waals surface area contributed by atoms with E-state index in [1.807, 2.05) is 6.92 Å². The van der Waals surface area contributed by atoms with E-state index < -0.39 is 11.9 Å². The summed E-state index contributed by atoms with van der Waals surface area (Å²) in [6.07, 6.45) is -0.738. The van der Waals surface area contributed by atoms with Crippen molar-refractivity contribution in [1.82, 2.24) is 10.6 Å². The number of aliphatic hydroxyl groups is 1. The molecule has 6 nitrogen and oxygen atoms in total. The molecular weight excluding hydrogens is 379 g/mol. The highest BCUT2D eigenvalue weighted by Crippen LogP contribution is 2.26.